The van der Waals surface area contributed by atoms with Gasteiger partial charge in [0, 0.05) is 0 Å². The Morgan fingerprint density at radius 2 is 0.960 bits per heavy atom. The normalized spacial score (nSPS) is 15.1. The quantitative estimate of drug-likeness (QED) is 0.182. The summed E-state index contributed by atoms with van der Waals surface area (Å²) in [6.07, 6.45) is -1.11. The first-order valence-electron chi connectivity index (χ1n) is 16.9. The molecule has 0 amide bonds. The molecule has 0 spiro atoms. The van der Waals surface area contributed by atoms with Crippen LogP contribution in [0.25, 0.3) is 11.1 Å². The van der Waals surface area contributed by atoms with Gasteiger partial charge in [0.25, 0.3) is 0 Å². The minimum atomic E-state index is -4.61. The monoisotopic (exact) mass is 762 g/mol. The molecule has 0 nitrogen and oxygen atoms in total. The number of allylic oxidation sites excluding steroid dienone is 4. The first kappa shape index (κ1) is 36.5. The Kier molecular flexibility index (Phi) is 9.28. The molecule has 0 radical (unpaired) electrons. The van der Waals surface area contributed by atoms with Crippen molar-refractivity contribution in [3.8, 4) is 11.1 Å². The van der Waals surface area contributed by atoms with Crippen LogP contribution in [0.4, 0.5) is 26.3 Å². The van der Waals surface area contributed by atoms with Gasteiger partial charge in [-0.2, -0.15) is 0 Å². The molecule has 0 fully saturated rings. The number of hydrogen-bond donors (Lipinski definition) is 0. The van der Waals surface area contributed by atoms with E-state index >= 15 is 0 Å². The Labute approximate surface area is 299 Å². The maximum absolute atomic E-state index is 14.2. The molecule has 4 aromatic carbocycles. The number of halogens is 6. The van der Waals surface area contributed by atoms with Gasteiger partial charge in [-0.25, -0.2) is 0 Å². The van der Waals surface area contributed by atoms with Crippen molar-refractivity contribution in [3.63, 3.8) is 0 Å². The fourth-order valence-corrected chi connectivity index (χ4v) is 17.1. The number of rotatable bonds is 4. The second kappa shape index (κ2) is 12.7. The standard InChI is InChI=1S/C23H29.C15H8F6.C5H5.Zr/c1-14-9-16-11-17-10-15(2)21(23(6,7)8)13-19(17)18(16)12-20(14)22(3,4)5;16-14(17,18)12-5-1-3-10(8-12)7-11-4-2-6-13(9-11)15(19,20)21;1-2-4-5-3-1;/h9-13H,1-8H3;1-6,8-9H;1-5H;. The van der Waals surface area contributed by atoms with Crippen LogP contribution in [-0.2, 0) is 44.4 Å². The third-order valence-corrected chi connectivity index (χ3v) is 18.6. The number of alkyl halides is 6. The molecule has 0 aliphatic heterocycles. The van der Waals surface area contributed by atoms with Gasteiger partial charge in [-0.05, 0) is 0 Å². The topological polar surface area (TPSA) is 0 Å². The second-order valence-electron chi connectivity index (χ2n) is 15.7. The van der Waals surface area contributed by atoms with E-state index in [1.807, 2.05) is 12.2 Å². The molecule has 0 unspecified atom stereocenters. The molecule has 260 valence electrons. The molecular weight excluding hydrogens is 722 g/mol. The van der Waals surface area contributed by atoms with Gasteiger partial charge in [0.1, 0.15) is 0 Å². The fourth-order valence-electron chi connectivity index (χ4n) is 7.87. The molecule has 0 heterocycles. The van der Waals surface area contributed by atoms with Crippen molar-refractivity contribution in [3.05, 3.63) is 153 Å². The Balaban J connectivity index is 1.80. The van der Waals surface area contributed by atoms with Crippen LogP contribution in [0.1, 0.15) is 101 Å². The third-order valence-electron chi connectivity index (χ3n) is 9.99. The second-order valence-corrected chi connectivity index (χ2v) is 22.3. The van der Waals surface area contributed by atoms with Crippen LogP contribution >= 0.6 is 0 Å². The first-order valence-corrected chi connectivity index (χ1v) is 21.0. The van der Waals surface area contributed by atoms with Crippen molar-refractivity contribution in [1.82, 2.24) is 0 Å². The summed E-state index contributed by atoms with van der Waals surface area (Å²) in [6.45, 7) is 17.3. The van der Waals surface area contributed by atoms with E-state index in [0.29, 0.717) is 14.3 Å². The van der Waals surface area contributed by atoms with E-state index in [4.69, 9.17) is 0 Å². The Hall–Kier alpha value is -3.31. The van der Waals surface area contributed by atoms with E-state index in [-0.39, 0.29) is 18.1 Å². The summed E-state index contributed by atoms with van der Waals surface area (Å²) >= 11 is -3.57. The van der Waals surface area contributed by atoms with E-state index in [9.17, 15) is 26.3 Å². The van der Waals surface area contributed by atoms with Crippen LogP contribution in [0.5, 0.6) is 0 Å². The van der Waals surface area contributed by atoms with E-state index in [1.54, 1.807) is 12.1 Å². The number of fused-ring (bicyclic) bond motifs is 3. The van der Waals surface area contributed by atoms with Crippen molar-refractivity contribution in [2.45, 2.75) is 85.8 Å². The van der Waals surface area contributed by atoms with E-state index in [0.717, 1.165) is 57.6 Å². The minimum absolute atomic E-state index is 0.106. The summed E-state index contributed by atoms with van der Waals surface area (Å²) in [5.74, 6) is 0. The predicted molar refractivity (Wildman–Crippen MR) is 189 cm³/mol. The van der Waals surface area contributed by atoms with Gasteiger partial charge in [0.15, 0.2) is 0 Å². The Morgan fingerprint density at radius 3 is 1.32 bits per heavy atom. The molecule has 4 aromatic rings. The number of benzene rings is 4. The fraction of sp³-hybridized carbons (Fsp3) is 0.326. The van der Waals surface area contributed by atoms with Gasteiger partial charge in [-0.15, -0.1) is 0 Å². The predicted octanol–water partition coefficient (Wildman–Crippen LogP) is 12.8. The van der Waals surface area contributed by atoms with Gasteiger partial charge in [0.05, 0.1) is 0 Å². The van der Waals surface area contributed by atoms with Crippen LogP contribution in [0.2, 0.25) is 3.63 Å². The molecule has 0 saturated carbocycles. The van der Waals surface area contributed by atoms with Crippen LogP contribution in [0.3, 0.4) is 0 Å². The summed E-state index contributed by atoms with van der Waals surface area (Å²) in [6, 6.07) is 19.5. The van der Waals surface area contributed by atoms with E-state index in [2.05, 4.69) is 91.8 Å². The molecule has 0 bridgehead atoms. The average Bonchev–Trinajstić information content (AvgIpc) is 3.63. The van der Waals surface area contributed by atoms with E-state index in [1.165, 1.54) is 23.3 Å². The molecule has 6 rings (SSSR count). The van der Waals surface area contributed by atoms with Crippen molar-refractivity contribution < 1.29 is 47.6 Å². The molecule has 0 N–H and O–H groups in total. The summed E-state index contributed by atoms with van der Waals surface area (Å²) in [5, 5.41) is 0. The summed E-state index contributed by atoms with van der Waals surface area (Å²) in [4.78, 5) is 0. The first-order chi connectivity index (χ1) is 23.2. The molecule has 2 aliphatic rings. The molecule has 0 atom stereocenters. The molecular formula is C43H42F6Zr. The van der Waals surface area contributed by atoms with E-state index < -0.39 is 44.7 Å². The zero-order chi connectivity index (χ0) is 36.6. The number of hydrogen-bond acceptors (Lipinski definition) is 0. The Morgan fingerprint density at radius 1 is 0.560 bits per heavy atom. The van der Waals surface area contributed by atoms with Crippen molar-refractivity contribution >= 4 is 3.21 Å². The maximum atomic E-state index is 14.2. The van der Waals surface area contributed by atoms with Crippen LogP contribution < -0.4 is 0 Å². The molecule has 0 aromatic heterocycles. The van der Waals surface area contributed by atoms with Gasteiger partial charge in [0.2, 0.25) is 0 Å². The average molecular weight is 764 g/mol. The van der Waals surface area contributed by atoms with Gasteiger partial charge >= 0.3 is 301 Å². The third kappa shape index (κ3) is 6.84. The molecule has 0 saturated heterocycles. The molecule has 7 heteroatoms. The van der Waals surface area contributed by atoms with Crippen molar-refractivity contribution in [2.75, 3.05) is 0 Å². The summed E-state index contributed by atoms with van der Waals surface area (Å²) < 4.78 is 85.8. The van der Waals surface area contributed by atoms with Crippen LogP contribution in [-0.4, -0.2) is 3.21 Å². The number of aryl methyl sites for hydroxylation is 2. The van der Waals surface area contributed by atoms with Crippen molar-refractivity contribution in [1.29, 1.82) is 0 Å². The molecule has 50 heavy (non-hydrogen) atoms. The van der Waals surface area contributed by atoms with Crippen LogP contribution in [0.15, 0.2) is 97.1 Å². The zero-order valence-corrected chi connectivity index (χ0v) is 32.1. The zero-order valence-electron chi connectivity index (χ0n) is 29.7. The van der Waals surface area contributed by atoms with Gasteiger partial charge in [-0.3, -0.25) is 0 Å². The Bertz CT molecular complexity index is 1940. The van der Waals surface area contributed by atoms with Gasteiger partial charge < -0.3 is 0 Å². The molecule has 2 aliphatic carbocycles. The summed E-state index contributed by atoms with van der Waals surface area (Å²) in [5.41, 5.74) is 7.91. The van der Waals surface area contributed by atoms with Gasteiger partial charge in [-0.1, -0.05) is 0 Å². The van der Waals surface area contributed by atoms with Crippen LogP contribution in [0, 0.1) is 13.8 Å². The van der Waals surface area contributed by atoms with Crippen molar-refractivity contribution in [2.24, 2.45) is 0 Å². The SMILES string of the molecule is Cc1cc2c(cc1C(C)(C)C)-c1cc(C(C)(C)C)c(C)cc1[CH]2[Zr](=[C](c1cccc(C(F)(F)F)c1)c1cccc(C(F)(F)F)c1)[CH]1C=CC=C1. The summed E-state index contributed by atoms with van der Waals surface area (Å²) in [7, 11) is 0.